The average molecular weight is 324 g/mol. The minimum atomic E-state index is -0.172. The molecule has 24 heavy (non-hydrogen) atoms. The SMILES string of the molecule is COC(=O)CCc1ccccc1C/C=C\COCc1ccccc1. The van der Waals surface area contributed by atoms with Gasteiger partial charge in [0.15, 0.2) is 0 Å². The van der Waals surface area contributed by atoms with Gasteiger partial charge in [-0.25, -0.2) is 0 Å². The highest BCUT2D eigenvalue weighted by Gasteiger charge is 2.04. The third-order valence-electron chi connectivity index (χ3n) is 3.77. The second-order valence-corrected chi connectivity index (χ2v) is 5.52. The topological polar surface area (TPSA) is 35.5 Å². The van der Waals surface area contributed by atoms with E-state index in [0.717, 1.165) is 6.42 Å². The zero-order valence-corrected chi connectivity index (χ0v) is 14.1. The van der Waals surface area contributed by atoms with Gasteiger partial charge in [0.05, 0.1) is 20.3 Å². The molecule has 2 rings (SSSR count). The number of methoxy groups -OCH3 is 1. The number of hydrogen-bond acceptors (Lipinski definition) is 3. The number of aryl methyl sites for hydroxylation is 1. The molecule has 0 amide bonds. The van der Waals surface area contributed by atoms with Crippen molar-refractivity contribution in [1.29, 1.82) is 0 Å². The molecule has 0 aromatic heterocycles. The Morgan fingerprint density at radius 1 is 0.958 bits per heavy atom. The normalized spacial score (nSPS) is 10.9. The highest BCUT2D eigenvalue weighted by Crippen LogP contribution is 2.13. The van der Waals surface area contributed by atoms with Gasteiger partial charge in [-0.2, -0.15) is 0 Å². The van der Waals surface area contributed by atoms with Gasteiger partial charge >= 0.3 is 5.97 Å². The molecule has 0 saturated heterocycles. The molecule has 0 fully saturated rings. The summed E-state index contributed by atoms with van der Waals surface area (Å²) in [7, 11) is 1.42. The van der Waals surface area contributed by atoms with E-state index in [1.165, 1.54) is 23.8 Å². The third-order valence-corrected chi connectivity index (χ3v) is 3.77. The summed E-state index contributed by atoms with van der Waals surface area (Å²) in [6.07, 6.45) is 6.12. The van der Waals surface area contributed by atoms with Crippen molar-refractivity contribution in [2.24, 2.45) is 0 Å². The molecule has 0 bridgehead atoms. The van der Waals surface area contributed by atoms with Crippen LogP contribution in [0.2, 0.25) is 0 Å². The van der Waals surface area contributed by atoms with Gasteiger partial charge in [0.1, 0.15) is 0 Å². The van der Waals surface area contributed by atoms with E-state index in [4.69, 9.17) is 9.47 Å². The predicted octanol–water partition coefficient (Wildman–Crippen LogP) is 4.11. The molecule has 0 aliphatic heterocycles. The van der Waals surface area contributed by atoms with Crippen LogP contribution in [-0.2, 0) is 33.7 Å². The summed E-state index contributed by atoms with van der Waals surface area (Å²) in [4.78, 5) is 11.3. The number of allylic oxidation sites excluding steroid dienone is 1. The first-order valence-electron chi connectivity index (χ1n) is 8.20. The Hall–Kier alpha value is -2.39. The summed E-state index contributed by atoms with van der Waals surface area (Å²) >= 11 is 0. The standard InChI is InChI=1S/C21H24O3/c1-23-21(22)15-14-20-12-6-5-11-19(20)13-7-8-16-24-17-18-9-3-2-4-10-18/h2-12H,13-17H2,1H3/b8-7-. The Kier molecular flexibility index (Phi) is 7.78. The highest BCUT2D eigenvalue weighted by molar-refractivity contribution is 5.69. The maximum Gasteiger partial charge on any atom is 0.305 e. The summed E-state index contributed by atoms with van der Waals surface area (Å²) in [6.45, 7) is 1.22. The molecule has 0 atom stereocenters. The lowest BCUT2D eigenvalue weighted by molar-refractivity contribution is -0.140. The van der Waals surface area contributed by atoms with Crippen molar-refractivity contribution in [1.82, 2.24) is 0 Å². The Bertz CT molecular complexity index is 647. The van der Waals surface area contributed by atoms with Crippen LogP contribution in [-0.4, -0.2) is 19.7 Å². The monoisotopic (exact) mass is 324 g/mol. The van der Waals surface area contributed by atoms with Crippen LogP contribution >= 0.6 is 0 Å². The van der Waals surface area contributed by atoms with E-state index in [2.05, 4.69) is 30.3 Å². The molecule has 3 heteroatoms. The molecule has 2 aromatic carbocycles. The number of carbonyl (C=O) groups excluding carboxylic acids is 1. The van der Waals surface area contributed by atoms with E-state index in [0.29, 0.717) is 26.1 Å². The van der Waals surface area contributed by atoms with Crippen molar-refractivity contribution < 1.29 is 14.3 Å². The molecule has 0 spiro atoms. The summed E-state index contributed by atoms with van der Waals surface area (Å²) < 4.78 is 10.3. The molecule has 0 aliphatic carbocycles. The minimum Gasteiger partial charge on any atom is -0.469 e. The second kappa shape index (κ2) is 10.4. The fourth-order valence-electron chi connectivity index (χ4n) is 2.44. The maximum atomic E-state index is 11.3. The van der Waals surface area contributed by atoms with Crippen LogP contribution in [0.4, 0.5) is 0 Å². The summed E-state index contributed by atoms with van der Waals surface area (Å²) in [5.74, 6) is -0.172. The van der Waals surface area contributed by atoms with E-state index in [1.54, 1.807) is 0 Å². The molecule has 2 aromatic rings. The lowest BCUT2D eigenvalue weighted by Crippen LogP contribution is -2.03. The van der Waals surface area contributed by atoms with E-state index >= 15 is 0 Å². The first kappa shape index (κ1) is 18.0. The van der Waals surface area contributed by atoms with Gasteiger partial charge in [0.25, 0.3) is 0 Å². The second-order valence-electron chi connectivity index (χ2n) is 5.52. The molecule has 3 nitrogen and oxygen atoms in total. The summed E-state index contributed by atoms with van der Waals surface area (Å²) in [6, 6.07) is 18.3. The molecule has 0 aliphatic rings. The van der Waals surface area contributed by atoms with Crippen molar-refractivity contribution in [2.75, 3.05) is 13.7 Å². The van der Waals surface area contributed by atoms with Crippen molar-refractivity contribution in [2.45, 2.75) is 25.9 Å². The first-order chi connectivity index (χ1) is 11.8. The molecule has 0 heterocycles. The van der Waals surface area contributed by atoms with Gasteiger partial charge in [-0.05, 0) is 29.5 Å². The Morgan fingerprint density at radius 3 is 2.42 bits per heavy atom. The molecular weight excluding hydrogens is 300 g/mol. The number of benzene rings is 2. The van der Waals surface area contributed by atoms with Gasteiger partial charge in [-0.1, -0.05) is 66.7 Å². The van der Waals surface area contributed by atoms with Gasteiger partial charge in [-0.15, -0.1) is 0 Å². The predicted molar refractivity (Wildman–Crippen MR) is 95.7 cm³/mol. The summed E-state index contributed by atoms with van der Waals surface area (Å²) in [5, 5.41) is 0. The Balaban J connectivity index is 1.75. The van der Waals surface area contributed by atoms with Crippen LogP contribution in [0.5, 0.6) is 0 Å². The molecule has 126 valence electrons. The van der Waals surface area contributed by atoms with Crippen molar-refractivity contribution >= 4 is 5.97 Å². The number of esters is 1. The number of carbonyl (C=O) groups is 1. The molecule has 0 radical (unpaired) electrons. The quantitative estimate of drug-likeness (QED) is 0.396. The average Bonchev–Trinajstić information content (AvgIpc) is 2.64. The van der Waals surface area contributed by atoms with Crippen LogP contribution in [0.25, 0.3) is 0 Å². The minimum absolute atomic E-state index is 0.172. The Labute approximate surface area is 143 Å². The highest BCUT2D eigenvalue weighted by atomic mass is 16.5. The number of ether oxygens (including phenoxy) is 2. The van der Waals surface area contributed by atoms with E-state index in [-0.39, 0.29) is 5.97 Å². The smallest absolute Gasteiger partial charge is 0.305 e. The van der Waals surface area contributed by atoms with Crippen LogP contribution in [0, 0.1) is 0 Å². The molecule has 0 N–H and O–H groups in total. The van der Waals surface area contributed by atoms with Crippen LogP contribution in [0.3, 0.4) is 0 Å². The zero-order chi connectivity index (χ0) is 17.0. The third kappa shape index (κ3) is 6.39. The molecule has 0 saturated carbocycles. The lowest BCUT2D eigenvalue weighted by atomic mass is 10.0. The van der Waals surface area contributed by atoms with Gasteiger partial charge < -0.3 is 9.47 Å². The van der Waals surface area contributed by atoms with E-state index in [1.807, 2.05) is 36.4 Å². The Morgan fingerprint density at radius 2 is 1.67 bits per heavy atom. The van der Waals surface area contributed by atoms with Crippen LogP contribution in [0.15, 0.2) is 66.7 Å². The zero-order valence-electron chi connectivity index (χ0n) is 14.1. The first-order valence-corrected chi connectivity index (χ1v) is 8.20. The van der Waals surface area contributed by atoms with Gasteiger partial charge in [-0.3, -0.25) is 4.79 Å². The fourth-order valence-corrected chi connectivity index (χ4v) is 2.44. The maximum absolute atomic E-state index is 11.3. The van der Waals surface area contributed by atoms with E-state index in [9.17, 15) is 4.79 Å². The van der Waals surface area contributed by atoms with Gasteiger partial charge in [0, 0.05) is 6.42 Å². The fraction of sp³-hybridized carbons (Fsp3) is 0.286. The number of hydrogen-bond donors (Lipinski definition) is 0. The van der Waals surface area contributed by atoms with Crippen molar-refractivity contribution in [3.63, 3.8) is 0 Å². The number of rotatable bonds is 9. The summed E-state index contributed by atoms with van der Waals surface area (Å²) in [5.41, 5.74) is 3.61. The molecule has 0 unspecified atom stereocenters. The van der Waals surface area contributed by atoms with Gasteiger partial charge in [0.2, 0.25) is 0 Å². The lowest BCUT2D eigenvalue weighted by Gasteiger charge is -2.07. The van der Waals surface area contributed by atoms with Crippen molar-refractivity contribution in [3.05, 3.63) is 83.4 Å². The van der Waals surface area contributed by atoms with E-state index < -0.39 is 0 Å². The van der Waals surface area contributed by atoms with Crippen LogP contribution in [0.1, 0.15) is 23.1 Å². The molecular formula is C21H24O3. The largest absolute Gasteiger partial charge is 0.469 e. The van der Waals surface area contributed by atoms with Crippen LogP contribution < -0.4 is 0 Å². The van der Waals surface area contributed by atoms with Crippen molar-refractivity contribution in [3.8, 4) is 0 Å².